The SMILES string of the molecule is COCOc1nc(Cc2ccc(-n3ccc(C)c3)nc2)nc2cc(OC)c(Br)cc12. The van der Waals surface area contributed by atoms with Gasteiger partial charge in [0.15, 0.2) is 6.79 Å². The molecule has 0 atom stereocenters. The van der Waals surface area contributed by atoms with Crippen molar-refractivity contribution in [3.8, 4) is 17.4 Å². The Hall–Kier alpha value is -2.97. The molecule has 3 heterocycles. The summed E-state index contributed by atoms with van der Waals surface area (Å²) in [5, 5.41) is 0.778. The van der Waals surface area contributed by atoms with Crippen molar-refractivity contribution in [3.63, 3.8) is 0 Å². The van der Waals surface area contributed by atoms with Gasteiger partial charge in [-0.3, -0.25) is 0 Å². The van der Waals surface area contributed by atoms with Crippen molar-refractivity contribution in [2.45, 2.75) is 13.3 Å². The van der Waals surface area contributed by atoms with Crippen molar-refractivity contribution >= 4 is 26.8 Å². The average Bonchev–Trinajstić information content (AvgIpc) is 3.18. The predicted molar refractivity (Wildman–Crippen MR) is 117 cm³/mol. The van der Waals surface area contributed by atoms with E-state index in [1.807, 2.05) is 53.5 Å². The Kier molecular flexibility index (Phi) is 5.96. The molecule has 0 spiro atoms. The maximum absolute atomic E-state index is 5.70. The molecule has 154 valence electrons. The van der Waals surface area contributed by atoms with E-state index in [1.165, 1.54) is 5.56 Å². The fraction of sp³-hybridized carbons (Fsp3) is 0.227. The van der Waals surface area contributed by atoms with Crippen molar-refractivity contribution < 1.29 is 14.2 Å². The largest absolute Gasteiger partial charge is 0.495 e. The van der Waals surface area contributed by atoms with Gasteiger partial charge in [0.1, 0.15) is 17.4 Å². The number of ether oxygens (including phenoxy) is 3. The van der Waals surface area contributed by atoms with Gasteiger partial charge in [-0.15, -0.1) is 0 Å². The minimum absolute atomic E-state index is 0.0989. The van der Waals surface area contributed by atoms with E-state index in [4.69, 9.17) is 19.2 Å². The van der Waals surface area contributed by atoms with Crippen LogP contribution >= 0.6 is 15.9 Å². The number of benzene rings is 1. The van der Waals surface area contributed by atoms with Gasteiger partial charge in [0.25, 0.3) is 0 Å². The summed E-state index contributed by atoms with van der Waals surface area (Å²) in [6.45, 7) is 2.15. The number of fused-ring (bicyclic) bond motifs is 1. The van der Waals surface area contributed by atoms with Gasteiger partial charge >= 0.3 is 0 Å². The molecule has 0 unspecified atom stereocenters. The molecule has 0 amide bonds. The molecule has 0 aliphatic rings. The van der Waals surface area contributed by atoms with Crippen LogP contribution < -0.4 is 9.47 Å². The standard InChI is InChI=1S/C22H21BrN4O3/c1-14-6-7-27(12-14)21-5-4-15(11-24-21)8-20-25-18-10-19(29-3)17(23)9-16(18)22(26-20)30-13-28-2/h4-7,9-12H,8,13H2,1-3H3. The first-order valence-electron chi connectivity index (χ1n) is 9.33. The molecule has 0 aliphatic carbocycles. The number of pyridine rings is 1. The van der Waals surface area contributed by atoms with Gasteiger partial charge in [-0.05, 0) is 52.2 Å². The zero-order valence-electron chi connectivity index (χ0n) is 16.9. The molecular weight excluding hydrogens is 448 g/mol. The Balaban J connectivity index is 1.66. The highest BCUT2D eigenvalue weighted by molar-refractivity contribution is 9.10. The number of nitrogens with zero attached hydrogens (tertiary/aromatic N) is 4. The second-order valence-electron chi connectivity index (χ2n) is 6.80. The third kappa shape index (κ3) is 4.29. The van der Waals surface area contributed by atoms with E-state index in [-0.39, 0.29) is 6.79 Å². The van der Waals surface area contributed by atoms with Gasteiger partial charge in [-0.2, -0.15) is 4.98 Å². The van der Waals surface area contributed by atoms with Gasteiger partial charge in [0.05, 0.1) is 22.5 Å². The minimum Gasteiger partial charge on any atom is -0.495 e. The Morgan fingerprint density at radius 1 is 1.10 bits per heavy atom. The summed E-state index contributed by atoms with van der Waals surface area (Å²) < 4.78 is 19.0. The smallest absolute Gasteiger partial charge is 0.226 e. The van der Waals surface area contributed by atoms with E-state index < -0.39 is 0 Å². The van der Waals surface area contributed by atoms with E-state index in [9.17, 15) is 0 Å². The number of halogens is 1. The van der Waals surface area contributed by atoms with E-state index in [1.54, 1.807) is 14.2 Å². The van der Waals surface area contributed by atoms with E-state index in [0.29, 0.717) is 23.9 Å². The van der Waals surface area contributed by atoms with Crippen LogP contribution in [-0.2, 0) is 11.2 Å². The van der Waals surface area contributed by atoms with Crippen LogP contribution in [0.2, 0.25) is 0 Å². The molecule has 0 fully saturated rings. The number of aryl methyl sites for hydroxylation is 1. The lowest BCUT2D eigenvalue weighted by Gasteiger charge is -2.12. The molecule has 0 radical (unpaired) electrons. The lowest BCUT2D eigenvalue weighted by molar-refractivity contribution is 0.0488. The van der Waals surface area contributed by atoms with Crippen molar-refractivity contribution in [1.29, 1.82) is 0 Å². The molecule has 7 nitrogen and oxygen atoms in total. The monoisotopic (exact) mass is 468 g/mol. The number of rotatable bonds is 7. The number of hydrogen-bond acceptors (Lipinski definition) is 6. The molecule has 8 heteroatoms. The minimum atomic E-state index is 0.0989. The van der Waals surface area contributed by atoms with E-state index in [2.05, 4.69) is 32.8 Å². The summed E-state index contributed by atoms with van der Waals surface area (Å²) in [6, 6.07) is 9.81. The van der Waals surface area contributed by atoms with Gasteiger partial charge < -0.3 is 18.8 Å². The summed E-state index contributed by atoms with van der Waals surface area (Å²) >= 11 is 3.50. The zero-order chi connectivity index (χ0) is 21.1. The van der Waals surface area contributed by atoms with Crippen LogP contribution in [0.25, 0.3) is 16.7 Å². The molecule has 0 N–H and O–H groups in total. The van der Waals surface area contributed by atoms with Crippen LogP contribution in [0.3, 0.4) is 0 Å². The lowest BCUT2D eigenvalue weighted by atomic mass is 10.2. The number of methoxy groups -OCH3 is 2. The second kappa shape index (κ2) is 8.81. The topological polar surface area (TPSA) is 71.3 Å². The summed E-state index contributed by atoms with van der Waals surface area (Å²) in [4.78, 5) is 13.9. The van der Waals surface area contributed by atoms with Crippen molar-refractivity contribution in [2.24, 2.45) is 0 Å². The average molecular weight is 469 g/mol. The predicted octanol–water partition coefficient (Wildman–Crippen LogP) is 4.47. The highest BCUT2D eigenvalue weighted by Crippen LogP contribution is 2.33. The summed E-state index contributed by atoms with van der Waals surface area (Å²) in [6.07, 6.45) is 6.40. The molecule has 3 aromatic heterocycles. The second-order valence-corrected chi connectivity index (χ2v) is 7.65. The van der Waals surface area contributed by atoms with Gasteiger partial charge in [-0.25, -0.2) is 9.97 Å². The van der Waals surface area contributed by atoms with Crippen molar-refractivity contribution in [3.05, 3.63) is 70.3 Å². The first kappa shape index (κ1) is 20.3. The molecular formula is C22H21BrN4O3. The van der Waals surface area contributed by atoms with Crippen LogP contribution in [0.4, 0.5) is 0 Å². The fourth-order valence-electron chi connectivity index (χ4n) is 3.11. The molecule has 0 saturated carbocycles. The highest BCUT2D eigenvalue weighted by atomic mass is 79.9. The summed E-state index contributed by atoms with van der Waals surface area (Å²) in [7, 11) is 3.19. The summed E-state index contributed by atoms with van der Waals surface area (Å²) in [5.41, 5.74) is 2.93. The van der Waals surface area contributed by atoms with Gasteiger partial charge in [0.2, 0.25) is 5.88 Å². The lowest BCUT2D eigenvalue weighted by Crippen LogP contribution is -2.06. The quantitative estimate of drug-likeness (QED) is 0.372. The molecule has 30 heavy (non-hydrogen) atoms. The maximum atomic E-state index is 5.70. The fourth-order valence-corrected chi connectivity index (χ4v) is 3.62. The van der Waals surface area contributed by atoms with E-state index in [0.717, 1.165) is 26.8 Å². The Bertz CT molecular complexity index is 1180. The zero-order valence-corrected chi connectivity index (χ0v) is 18.5. The van der Waals surface area contributed by atoms with Crippen LogP contribution in [0.5, 0.6) is 11.6 Å². The summed E-state index contributed by atoms with van der Waals surface area (Å²) in [5.74, 6) is 2.65. The third-order valence-corrected chi connectivity index (χ3v) is 5.19. The van der Waals surface area contributed by atoms with Crippen molar-refractivity contribution in [2.75, 3.05) is 21.0 Å². The van der Waals surface area contributed by atoms with E-state index >= 15 is 0 Å². The number of aromatic nitrogens is 4. The molecule has 0 aliphatic heterocycles. The number of hydrogen-bond donors (Lipinski definition) is 0. The Morgan fingerprint density at radius 3 is 2.63 bits per heavy atom. The van der Waals surface area contributed by atoms with Gasteiger partial charge in [0, 0.05) is 38.2 Å². The molecule has 0 bridgehead atoms. The van der Waals surface area contributed by atoms with Gasteiger partial charge in [-0.1, -0.05) is 6.07 Å². The first-order chi connectivity index (χ1) is 14.6. The van der Waals surface area contributed by atoms with Crippen LogP contribution in [0, 0.1) is 6.92 Å². The third-order valence-electron chi connectivity index (χ3n) is 4.57. The molecule has 0 saturated heterocycles. The first-order valence-corrected chi connectivity index (χ1v) is 10.1. The Morgan fingerprint density at radius 2 is 1.97 bits per heavy atom. The normalized spacial score (nSPS) is 11.1. The Labute approximate surface area is 182 Å². The highest BCUT2D eigenvalue weighted by Gasteiger charge is 2.13. The maximum Gasteiger partial charge on any atom is 0.226 e. The van der Waals surface area contributed by atoms with Crippen LogP contribution in [-0.4, -0.2) is 40.5 Å². The van der Waals surface area contributed by atoms with Crippen LogP contribution in [0.1, 0.15) is 17.0 Å². The molecule has 4 rings (SSSR count). The van der Waals surface area contributed by atoms with Crippen molar-refractivity contribution in [1.82, 2.24) is 19.5 Å². The molecule has 1 aromatic carbocycles. The molecule has 4 aromatic rings. The van der Waals surface area contributed by atoms with Crippen LogP contribution in [0.15, 0.2) is 53.4 Å².